The number of benzene rings is 2. The van der Waals surface area contributed by atoms with Crippen LogP contribution in [0.4, 0.5) is 0 Å². The molecular weight excluding hydrogens is 340 g/mol. The minimum Gasteiger partial charge on any atom is -0.464 e. The normalized spacial score (nSPS) is 11.9. The molecule has 0 aliphatic rings. The summed E-state index contributed by atoms with van der Waals surface area (Å²) in [6.07, 6.45) is 2.81. The number of furan rings is 1. The number of aromatic nitrogens is 2. The van der Waals surface area contributed by atoms with Crippen LogP contribution in [0, 0.1) is 6.92 Å². The number of nitrogens with zero attached hydrogens (tertiary/aromatic N) is 2. The number of hydrogen-bond acceptors (Lipinski definition) is 6. The maximum Gasteiger partial charge on any atom is 0.247 e. The van der Waals surface area contributed by atoms with Gasteiger partial charge in [-0.2, -0.15) is 0 Å². The SMILES string of the molecule is Cc1nnc(-c2ccc3occ(-c4cccc(S(C)(=O)=O)c4)c3c2)o1. The monoisotopic (exact) mass is 354 g/mol. The average molecular weight is 354 g/mol. The molecule has 0 N–H and O–H groups in total. The summed E-state index contributed by atoms with van der Waals surface area (Å²) in [4.78, 5) is 0.267. The van der Waals surface area contributed by atoms with Crippen molar-refractivity contribution in [1.82, 2.24) is 10.2 Å². The van der Waals surface area contributed by atoms with Crippen LogP contribution in [0.1, 0.15) is 5.89 Å². The van der Waals surface area contributed by atoms with Crippen LogP contribution < -0.4 is 0 Å². The molecule has 2 heterocycles. The summed E-state index contributed by atoms with van der Waals surface area (Å²) in [5, 5.41) is 8.72. The molecule has 2 aromatic carbocycles. The molecule has 0 atom stereocenters. The van der Waals surface area contributed by atoms with Crippen molar-refractivity contribution in [1.29, 1.82) is 0 Å². The van der Waals surface area contributed by atoms with Crippen molar-refractivity contribution in [2.24, 2.45) is 0 Å². The number of sulfone groups is 1. The Bertz CT molecular complexity index is 1190. The van der Waals surface area contributed by atoms with E-state index in [9.17, 15) is 8.42 Å². The van der Waals surface area contributed by atoms with Crippen LogP contribution in [0.15, 0.2) is 62.5 Å². The molecule has 25 heavy (non-hydrogen) atoms. The van der Waals surface area contributed by atoms with E-state index in [0.29, 0.717) is 17.4 Å². The van der Waals surface area contributed by atoms with Gasteiger partial charge >= 0.3 is 0 Å². The van der Waals surface area contributed by atoms with E-state index in [1.165, 1.54) is 6.26 Å². The number of rotatable bonds is 3. The first kappa shape index (κ1) is 15.6. The lowest BCUT2D eigenvalue weighted by molar-refractivity contribution is 0.533. The summed E-state index contributed by atoms with van der Waals surface area (Å²) < 4.78 is 34.7. The van der Waals surface area contributed by atoms with Gasteiger partial charge in [0.2, 0.25) is 11.8 Å². The van der Waals surface area contributed by atoms with Gasteiger partial charge in [-0.05, 0) is 35.9 Å². The van der Waals surface area contributed by atoms with Crippen molar-refractivity contribution in [3.8, 4) is 22.6 Å². The highest BCUT2D eigenvalue weighted by atomic mass is 32.2. The highest BCUT2D eigenvalue weighted by molar-refractivity contribution is 7.90. The summed E-state index contributed by atoms with van der Waals surface area (Å²) in [6, 6.07) is 12.4. The molecule has 0 fully saturated rings. The average Bonchev–Trinajstić information content (AvgIpc) is 3.19. The zero-order chi connectivity index (χ0) is 17.6. The molecule has 2 aromatic heterocycles. The van der Waals surface area contributed by atoms with Crippen molar-refractivity contribution >= 4 is 20.8 Å². The van der Waals surface area contributed by atoms with Gasteiger partial charge in [-0.3, -0.25) is 0 Å². The molecule has 0 amide bonds. The first-order valence-corrected chi connectivity index (χ1v) is 9.43. The third-order valence-corrected chi connectivity index (χ3v) is 5.03. The van der Waals surface area contributed by atoms with E-state index < -0.39 is 9.84 Å². The number of hydrogen-bond donors (Lipinski definition) is 0. The van der Waals surface area contributed by atoms with Crippen molar-refractivity contribution in [2.75, 3.05) is 6.26 Å². The van der Waals surface area contributed by atoms with Crippen LogP contribution in [-0.4, -0.2) is 24.9 Å². The van der Waals surface area contributed by atoms with Gasteiger partial charge in [0.05, 0.1) is 11.2 Å². The van der Waals surface area contributed by atoms with Crippen LogP contribution in [-0.2, 0) is 9.84 Å². The fourth-order valence-corrected chi connectivity index (χ4v) is 3.36. The zero-order valence-electron chi connectivity index (χ0n) is 13.6. The summed E-state index contributed by atoms with van der Waals surface area (Å²) in [5.74, 6) is 0.916. The molecule has 0 aliphatic heterocycles. The van der Waals surface area contributed by atoms with Gasteiger partial charge < -0.3 is 8.83 Å². The predicted molar refractivity (Wildman–Crippen MR) is 92.8 cm³/mol. The summed E-state index contributed by atoms with van der Waals surface area (Å²) in [5.41, 5.74) is 3.04. The smallest absolute Gasteiger partial charge is 0.247 e. The lowest BCUT2D eigenvalue weighted by atomic mass is 10.0. The fourth-order valence-electron chi connectivity index (χ4n) is 2.69. The molecular formula is C18H14N2O4S. The molecule has 7 heteroatoms. The van der Waals surface area contributed by atoms with E-state index in [-0.39, 0.29) is 4.90 Å². The van der Waals surface area contributed by atoms with Gasteiger partial charge in [-0.25, -0.2) is 8.42 Å². The van der Waals surface area contributed by atoms with Crippen LogP contribution in [0.25, 0.3) is 33.6 Å². The molecule has 6 nitrogen and oxygen atoms in total. The third kappa shape index (κ3) is 2.83. The number of fused-ring (bicyclic) bond motifs is 1. The van der Waals surface area contributed by atoms with Gasteiger partial charge in [0.25, 0.3) is 0 Å². The van der Waals surface area contributed by atoms with Gasteiger partial charge in [0.1, 0.15) is 5.58 Å². The number of aryl methyl sites for hydroxylation is 1. The van der Waals surface area contributed by atoms with E-state index >= 15 is 0 Å². The van der Waals surface area contributed by atoms with Crippen LogP contribution >= 0.6 is 0 Å². The molecule has 0 radical (unpaired) electrons. The Morgan fingerprint density at radius 1 is 1.00 bits per heavy atom. The second-order valence-electron chi connectivity index (χ2n) is 5.79. The Labute approximate surface area is 144 Å². The lowest BCUT2D eigenvalue weighted by Crippen LogP contribution is -1.96. The Hall–Kier alpha value is -2.93. The second-order valence-corrected chi connectivity index (χ2v) is 7.80. The third-order valence-electron chi connectivity index (χ3n) is 3.92. The van der Waals surface area contributed by atoms with Crippen molar-refractivity contribution < 1.29 is 17.3 Å². The van der Waals surface area contributed by atoms with Gasteiger partial charge in [-0.1, -0.05) is 12.1 Å². The Morgan fingerprint density at radius 3 is 2.56 bits per heavy atom. The van der Waals surface area contributed by atoms with Crippen molar-refractivity contribution in [2.45, 2.75) is 11.8 Å². The van der Waals surface area contributed by atoms with E-state index in [0.717, 1.165) is 22.1 Å². The van der Waals surface area contributed by atoms with E-state index in [2.05, 4.69) is 10.2 Å². The van der Waals surface area contributed by atoms with Crippen molar-refractivity contribution in [3.63, 3.8) is 0 Å². The van der Waals surface area contributed by atoms with Crippen LogP contribution in [0.2, 0.25) is 0 Å². The zero-order valence-corrected chi connectivity index (χ0v) is 14.4. The molecule has 0 bridgehead atoms. The van der Waals surface area contributed by atoms with E-state index in [1.54, 1.807) is 31.4 Å². The quantitative estimate of drug-likeness (QED) is 0.555. The van der Waals surface area contributed by atoms with Crippen LogP contribution in [0.3, 0.4) is 0 Å². The molecule has 0 saturated heterocycles. The molecule has 126 valence electrons. The molecule has 0 saturated carbocycles. The van der Waals surface area contributed by atoms with Gasteiger partial charge in [0, 0.05) is 29.7 Å². The van der Waals surface area contributed by atoms with Gasteiger partial charge in [0.15, 0.2) is 9.84 Å². The van der Waals surface area contributed by atoms with Crippen molar-refractivity contribution in [3.05, 3.63) is 54.6 Å². The van der Waals surface area contributed by atoms with E-state index in [4.69, 9.17) is 8.83 Å². The first-order chi connectivity index (χ1) is 11.9. The summed E-state index contributed by atoms with van der Waals surface area (Å²) in [7, 11) is -3.28. The standard InChI is InChI=1S/C18H14N2O4S/c1-11-19-20-18(24-11)13-6-7-17-15(9-13)16(10-23-17)12-4-3-5-14(8-12)25(2,21)22/h3-10H,1-2H3. The Kier molecular flexibility index (Phi) is 3.47. The molecule has 4 aromatic rings. The van der Waals surface area contributed by atoms with Crippen LogP contribution in [0.5, 0.6) is 0 Å². The Morgan fingerprint density at radius 2 is 1.84 bits per heavy atom. The second kappa shape index (κ2) is 5.56. The highest BCUT2D eigenvalue weighted by Gasteiger charge is 2.14. The summed E-state index contributed by atoms with van der Waals surface area (Å²) in [6.45, 7) is 1.73. The lowest BCUT2D eigenvalue weighted by Gasteiger charge is -2.03. The maximum absolute atomic E-state index is 11.8. The Balaban J connectivity index is 1.88. The minimum absolute atomic E-state index is 0.267. The molecule has 0 aliphatic carbocycles. The highest BCUT2D eigenvalue weighted by Crippen LogP contribution is 2.34. The summed E-state index contributed by atoms with van der Waals surface area (Å²) >= 11 is 0. The van der Waals surface area contributed by atoms with Gasteiger partial charge in [-0.15, -0.1) is 10.2 Å². The minimum atomic E-state index is -3.28. The molecule has 0 spiro atoms. The fraction of sp³-hybridized carbons (Fsp3) is 0.111. The first-order valence-electron chi connectivity index (χ1n) is 7.54. The molecule has 4 rings (SSSR count). The topological polar surface area (TPSA) is 86.2 Å². The molecule has 0 unspecified atom stereocenters. The largest absolute Gasteiger partial charge is 0.464 e. The van der Waals surface area contributed by atoms with E-state index in [1.807, 2.05) is 24.3 Å². The maximum atomic E-state index is 11.8. The predicted octanol–water partition coefficient (Wildman–Crippen LogP) is 3.86.